The molecule has 0 fully saturated rings. The molecule has 1 aromatic carbocycles. The van der Waals surface area contributed by atoms with Gasteiger partial charge in [0.25, 0.3) is 0 Å². The molecule has 0 bridgehead atoms. The van der Waals surface area contributed by atoms with Crippen LogP contribution in [-0.4, -0.2) is 39.6 Å². The monoisotopic (exact) mass is 336 g/mol. The van der Waals surface area contributed by atoms with Crippen molar-refractivity contribution in [1.82, 2.24) is 14.9 Å². The summed E-state index contributed by atoms with van der Waals surface area (Å²) in [5.74, 6) is -0.0786. The standard InChI is InChI=1S/C15H20N4OS2/c1-15(2,21-4)12(16-3)13(20)17-14-11(18-19-22-14)10-8-6-5-7-9-10/h5-9,12,16H,1-4H3,(H,17,20)/t12-/m1/s1. The van der Waals surface area contributed by atoms with Crippen LogP contribution in [0, 0.1) is 0 Å². The number of hydrogen-bond donors (Lipinski definition) is 2. The Hall–Kier alpha value is -1.44. The zero-order chi connectivity index (χ0) is 16.2. The molecular formula is C15H20N4OS2. The fourth-order valence-electron chi connectivity index (χ4n) is 2.15. The summed E-state index contributed by atoms with van der Waals surface area (Å²) < 4.78 is 3.75. The van der Waals surface area contributed by atoms with Gasteiger partial charge >= 0.3 is 0 Å². The molecule has 118 valence electrons. The van der Waals surface area contributed by atoms with Crippen LogP contribution < -0.4 is 10.6 Å². The van der Waals surface area contributed by atoms with Gasteiger partial charge in [-0.3, -0.25) is 4.79 Å². The minimum absolute atomic E-state index is 0.0786. The minimum atomic E-state index is -0.312. The Kier molecular flexibility index (Phi) is 5.55. The smallest absolute Gasteiger partial charge is 0.243 e. The largest absolute Gasteiger partial charge is 0.313 e. The van der Waals surface area contributed by atoms with Gasteiger partial charge in [0, 0.05) is 21.8 Å². The number of aromatic nitrogens is 2. The number of anilines is 1. The lowest BCUT2D eigenvalue weighted by molar-refractivity contribution is -0.118. The predicted octanol–water partition coefficient (Wildman–Crippen LogP) is 2.87. The molecule has 2 aromatic rings. The quantitative estimate of drug-likeness (QED) is 0.849. The highest BCUT2D eigenvalue weighted by atomic mass is 32.2. The maximum Gasteiger partial charge on any atom is 0.243 e. The fraction of sp³-hybridized carbons (Fsp3) is 0.400. The first kappa shape index (κ1) is 16.9. The summed E-state index contributed by atoms with van der Waals surface area (Å²) in [6.07, 6.45) is 2.00. The van der Waals surface area contributed by atoms with Crippen molar-refractivity contribution in [2.24, 2.45) is 0 Å². The molecule has 0 unspecified atom stereocenters. The van der Waals surface area contributed by atoms with Crippen LogP contribution in [0.3, 0.4) is 0 Å². The highest BCUT2D eigenvalue weighted by Crippen LogP contribution is 2.30. The van der Waals surface area contributed by atoms with Crippen molar-refractivity contribution in [2.45, 2.75) is 24.6 Å². The molecule has 0 spiro atoms. The molecule has 0 aliphatic rings. The lowest BCUT2D eigenvalue weighted by Gasteiger charge is -2.31. The highest BCUT2D eigenvalue weighted by molar-refractivity contribution is 8.00. The molecule has 7 heteroatoms. The van der Waals surface area contributed by atoms with E-state index in [9.17, 15) is 4.79 Å². The first-order chi connectivity index (χ1) is 10.5. The SMILES string of the molecule is CN[C@H](C(=O)Nc1snnc1-c1ccccc1)C(C)(C)SC. The van der Waals surface area contributed by atoms with Gasteiger partial charge in [-0.15, -0.1) is 5.10 Å². The number of thioether (sulfide) groups is 1. The molecule has 2 rings (SSSR count). The molecule has 5 nitrogen and oxygen atoms in total. The van der Waals surface area contributed by atoms with E-state index in [1.165, 1.54) is 11.5 Å². The van der Waals surface area contributed by atoms with Crippen molar-refractivity contribution < 1.29 is 4.79 Å². The Morgan fingerprint density at radius 2 is 2.00 bits per heavy atom. The van der Waals surface area contributed by atoms with Crippen LogP contribution in [-0.2, 0) is 4.79 Å². The van der Waals surface area contributed by atoms with Gasteiger partial charge in [-0.05, 0) is 27.2 Å². The van der Waals surface area contributed by atoms with Crippen LogP contribution in [0.1, 0.15) is 13.8 Å². The molecule has 1 amide bonds. The van der Waals surface area contributed by atoms with Crippen LogP contribution in [0.15, 0.2) is 30.3 Å². The molecule has 1 aromatic heterocycles. The third-order valence-electron chi connectivity index (χ3n) is 3.54. The normalized spacial score (nSPS) is 12.9. The Balaban J connectivity index is 2.21. The Morgan fingerprint density at radius 3 is 2.59 bits per heavy atom. The summed E-state index contributed by atoms with van der Waals surface area (Å²) in [6.45, 7) is 4.09. The number of carbonyl (C=O) groups excluding carboxylic acids is 1. The highest BCUT2D eigenvalue weighted by Gasteiger charge is 2.34. The van der Waals surface area contributed by atoms with Crippen LogP contribution in [0.5, 0.6) is 0 Å². The van der Waals surface area contributed by atoms with Crippen LogP contribution in [0.25, 0.3) is 11.3 Å². The van der Waals surface area contributed by atoms with E-state index >= 15 is 0 Å². The Morgan fingerprint density at radius 1 is 1.32 bits per heavy atom. The molecule has 1 heterocycles. The van der Waals surface area contributed by atoms with Crippen molar-refractivity contribution in [3.63, 3.8) is 0 Å². The molecule has 0 saturated heterocycles. The third-order valence-corrected chi connectivity index (χ3v) is 5.47. The summed E-state index contributed by atoms with van der Waals surface area (Å²) in [5.41, 5.74) is 1.65. The second kappa shape index (κ2) is 7.21. The number of nitrogens with one attached hydrogen (secondary N) is 2. The van der Waals surface area contributed by atoms with Gasteiger partial charge in [-0.25, -0.2) is 0 Å². The van der Waals surface area contributed by atoms with Gasteiger partial charge < -0.3 is 10.6 Å². The zero-order valence-electron chi connectivity index (χ0n) is 13.1. The Bertz CT molecular complexity index is 627. The van der Waals surface area contributed by atoms with E-state index in [-0.39, 0.29) is 16.7 Å². The van der Waals surface area contributed by atoms with E-state index in [2.05, 4.69) is 20.2 Å². The van der Waals surface area contributed by atoms with E-state index in [1.54, 1.807) is 18.8 Å². The molecule has 2 N–H and O–H groups in total. The van der Waals surface area contributed by atoms with Gasteiger partial charge in [-0.1, -0.05) is 34.8 Å². The zero-order valence-corrected chi connectivity index (χ0v) is 14.7. The van der Waals surface area contributed by atoms with Gasteiger partial charge in [0.2, 0.25) is 5.91 Å². The maximum absolute atomic E-state index is 12.6. The summed E-state index contributed by atoms with van der Waals surface area (Å²) in [7, 11) is 1.80. The number of carbonyl (C=O) groups is 1. The lowest BCUT2D eigenvalue weighted by Crippen LogP contribution is -2.51. The first-order valence-corrected chi connectivity index (χ1v) is 8.90. The van der Waals surface area contributed by atoms with Crippen molar-refractivity contribution in [2.75, 3.05) is 18.6 Å². The minimum Gasteiger partial charge on any atom is -0.313 e. The van der Waals surface area contributed by atoms with Crippen LogP contribution in [0.4, 0.5) is 5.00 Å². The van der Waals surface area contributed by atoms with E-state index in [4.69, 9.17) is 0 Å². The predicted molar refractivity (Wildman–Crippen MR) is 94.4 cm³/mol. The molecular weight excluding hydrogens is 316 g/mol. The van der Waals surface area contributed by atoms with Crippen LogP contribution in [0.2, 0.25) is 0 Å². The van der Waals surface area contributed by atoms with E-state index in [0.29, 0.717) is 10.7 Å². The molecule has 0 aliphatic heterocycles. The molecule has 0 aliphatic carbocycles. The second-order valence-corrected chi connectivity index (χ2v) is 7.55. The molecule has 1 atom stereocenters. The summed E-state index contributed by atoms with van der Waals surface area (Å²) >= 11 is 2.84. The van der Waals surface area contributed by atoms with Crippen molar-refractivity contribution in [3.05, 3.63) is 30.3 Å². The van der Waals surface area contributed by atoms with Gasteiger partial charge in [-0.2, -0.15) is 11.8 Å². The van der Waals surface area contributed by atoms with E-state index in [1.807, 2.05) is 50.4 Å². The average molecular weight is 336 g/mol. The van der Waals surface area contributed by atoms with E-state index in [0.717, 1.165) is 5.56 Å². The number of hydrogen-bond acceptors (Lipinski definition) is 6. The molecule has 22 heavy (non-hydrogen) atoms. The molecule has 0 radical (unpaired) electrons. The van der Waals surface area contributed by atoms with E-state index < -0.39 is 0 Å². The summed E-state index contributed by atoms with van der Waals surface area (Å²) in [6, 6.07) is 9.41. The summed E-state index contributed by atoms with van der Waals surface area (Å²) in [4.78, 5) is 12.6. The third kappa shape index (κ3) is 3.66. The fourth-order valence-corrected chi connectivity index (χ4v) is 3.21. The van der Waals surface area contributed by atoms with Crippen molar-refractivity contribution >= 4 is 34.2 Å². The Labute approximate surface area is 139 Å². The van der Waals surface area contributed by atoms with Crippen LogP contribution >= 0.6 is 23.3 Å². The van der Waals surface area contributed by atoms with Crippen molar-refractivity contribution in [1.29, 1.82) is 0 Å². The van der Waals surface area contributed by atoms with Gasteiger partial charge in [0.05, 0.1) is 0 Å². The lowest BCUT2D eigenvalue weighted by atomic mass is 10.0. The number of rotatable bonds is 6. The number of benzene rings is 1. The topological polar surface area (TPSA) is 66.9 Å². The molecule has 0 saturated carbocycles. The second-order valence-electron chi connectivity index (χ2n) is 5.34. The number of nitrogens with zero attached hydrogens (tertiary/aromatic N) is 2. The van der Waals surface area contributed by atoms with Gasteiger partial charge in [0.15, 0.2) is 0 Å². The maximum atomic E-state index is 12.6. The summed E-state index contributed by atoms with van der Waals surface area (Å²) in [5, 5.41) is 10.9. The number of amides is 1. The van der Waals surface area contributed by atoms with Crippen molar-refractivity contribution in [3.8, 4) is 11.3 Å². The van der Waals surface area contributed by atoms with Gasteiger partial charge in [0.1, 0.15) is 16.7 Å². The number of likely N-dealkylation sites (N-methyl/N-ethyl adjacent to an activating group) is 1. The first-order valence-electron chi connectivity index (χ1n) is 6.90. The average Bonchev–Trinajstić information content (AvgIpc) is 2.96.